The number of amides is 1. The third-order valence-electron chi connectivity index (χ3n) is 5.18. The van der Waals surface area contributed by atoms with Crippen LogP contribution in [0.3, 0.4) is 0 Å². The first-order valence-corrected chi connectivity index (χ1v) is 11.7. The van der Waals surface area contributed by atoms with Crippen molar-refractivity contribution in [3.63, 3.8) is 0 Å². The van der Waals surface area contributed by atoms with Crippen LogP contribution in [0.15, 0.2) is 53.0 Å². The highest BCUT2D eigenvalue weighted by Crippen LogP contribution is 2.20. The molecule has 2 aromatic carbocycles. The number of rotatable bonds is 7. The maximum Gasteiger partial charge on any atom is 0.251 e. The Labute approximate surface area is 193 Å². The summed E-state index contributed by atoms with van der Waals surface area (Å²) < 4.78 is 18.4. The van der Waals surface area contributed by atoms with Crippen LogP contribution in [-0.2, 0) is 6.42 Å². The molecule has 0 aliphatic carbocycles. The lowest BCUT2D eigenvalue weighted by molar-refractivity contribution is 0.0947. The Morgan fingerprint density at radius 2 is 1.90 bits per heavy atom. The molecule has 1 aliphatic heterocycles. The van der Waals surface area contributed by atoms with Crippen molar-refractivity contribution >= 4 is 38.5 Å². The van der Waals surface area contributed by atoms with Gasteiger partial charge >= 0.3 is 0 Å². The standard InChI is InChI=1S/C22H23BrFN5OS/c23-18-3-1-2-17(15-18)21(30)25-8-9-28-10-12-29(13-11-28)22-26-20(27-31-22)14-16-4-6-19(24)7-5-16/h1-7,15H,8-14H2,(H,25,30). The average Bonchev–Trinajstić information content (AvgIpc) is 3.24. The first-order valence-electron chi connectivity index (χ1n) is 10.1. The maximum atomic E-state index is 13.1. The lowest BCUT2D eigenvalue weighted by atomic mass is 10.1. The molecule has 1 N–H and O–H groups in total. The van der Waals surface area contributed by atoms with Gasteiger partial charge in [-0.15, -0.1) is 0 Å². The molecule has 0 unspecified atom stereocenters. The number of nitrogens with zero attached hydrogens (tertiary/aromatic N) is 4. The lowest BCUT2D eigenvalue weighted by Gasteiger charge is -2.34. The smallest absolute Gasteiger partial charge is 0.251 e. The van der Waals surface area contributed by atoms with Gasteiger partial charge in [0.05, 0.1) is 0 Å². The molecule has 6 nitrogen and oxygen atoms in total. The molecule has 0 spiro atoms. The van der Waals surface area contributed by atoms with Gasteiger partial charge in [0.15, 0.2) is 0 Å². The Morgan fingerprint density at radius 3 is 2.65 bits per heavy atom. The Kier molecular flexibility index (Phi) is 7.26. The van der Waals surface area contributed by atoms with Crippen LogP contribution in [0.2, 0.25) is 0 Å². The molecule has 0 radical (unpaired) electrons. The molecule has 1 fully saturated rings. The van der Waals surface area contributed by atoms with E-state index in [1.165, 1.54) is 23.7 Å². The summed E-state index contributed by atoms with van der Waals surface area (Å²) in [4.78, 5) is 21.5. The van der Waals surface area contributed by atoms with E-state index in [4.69, 9.17) is 0 Å². The van der Waals surface area contributed by atoms with Gasteiger partial charge in [0.25, 0.3) is 5.91 Å². The average molecular weight is 504 g/mol. The molecule has 9 heteroatoms. The summed E-state index contributed by atoms with van der Waals surface area (Å²) in [7, 11) is 0. The first kappa shape index (κ1) is 21.9. The van der Waals surface area contributed by atoms with Crippen molar-refractivity contribution in [2.75, 3.05) is 44.2 Å². The number of anilines is 1. The molecule has 162 valence electrons. The minimum atomic E-state index is -0.235. The molecule has 4 rings (SSSR count). The fourth-order valence-corrected chi connectivity index (χ4v) is 4.59. The lowest BCUT2D eigenvalue weighted by Crippen LogP contribution is -2.48. The summed E-state index contributed by atoms with van der Waals surface area (Å²) in [6, 6.07) is 13.9. The van der Waals surface area contributed by atoms with E-state index in [1.54, 1.807) is 12.1 Å². The predicted octanol–water partition coefficient (Wildman–Crippen LogP) is 3.58. The molecule has 0 saturated carbocycles. The summed E-state index contributed by atoms with van der Waals surface area (Å²) in [5.41, 5.74) is 1.66. The molecular weight excluding hydrogens is 481 g/mol. The van der Waals surface area contributed by atoms with Gasteiger partial charge in [0.2, 0.25) is 5.13 Å². The molecule has 1 saturated heterocycles. The summed E-state index contributed by atoms with van der Waals surface area (Å²) >= 11 is 4.80. The first-order chi connectivity index (χ1) is 15.1. The van der Waals surface area contributed by atoms with Crippen molar-refractivity contribution in [3.05, 3.63) is 75.8 Å². The van der Waals surface area contributed by atoms with Crippen molar-refractivity contribution < 1.29 is 9.18 Å². The molecule has 0 atom stereocenters. The number of aromatic nitrogens is 2. The molecule has 1 aromatic heterocycles. The topological polar surface area (TPSA) is 61.4 Å². The van der Waals surface area contributed by atoms with Crippen LogP contribution in [-0.4, -0.2) is 59.4 Å². The van der Waals surface area contributed by atoms with E-state index in [0.717, 1.165) is 53.7 Å². The van der Waals surface area contributed by atoms with E-state index >= 15 is 0 Å². The van der Waals surface area contributed by atoms with Crippen molar-refractivity contribution in [2.24, 2.45) is 0 Å². The van der Waals surface area contributed by atoms with E-state index < -0.39 is 0 Å². The molecule has 31 heavy (non-hydrogen) atoms. The fourth-order valence-electron chi connectivity index (χ4n) is 3.45. The van der Waals surface area contributed by atoms with Gasteiger partial charge in [-0.2, -0.15) is 4.37 Å². The molecule has 0 bridgehead atoms. The van der Waals surface area contributed by atoms with Gasteiger partial charge in [0, 0.05) is 67.3 Å². The van der Waals surface area contributed by atoms with Gasteiger partial charge in [-0.3, -0.25) is 9.69 Å². The van der Waals surface area contributed by atoms with Crippen LogP contribution in [0.4, 0.5) is 9.52 Å². The van der Waals surface area contributed by atoms with E-state index in [0.29, 0.717) is 18.5 Å². The number of carbonyl (C=O) groups is 1. The Morgan fingerprint density at radius 1 is 1.13 bits per heavy atom. The van der Waals surface area contributed by atoms with Crippen LogP contribution < -0.4 is 10.2 Å². The minimum absolute atomic E-state index is 0.0533. The number of benzene rings is 2. The van der Waals surface area contributed by atoms with Crippen LogP contribution in [0.25, 0.3) is 0 Å². The van der Waals surface area contributed by atoms with E-state index in [-0.39, 0.29) is 11.7 Å². The Balaban J connectivity index is 1.20. The molecular formula is C22H23BrFN5OS. The van der Waals surface area contributed by atoms with Crippen molar-refractivity contribution in [1.29, 1.82) is 0 Å². The van der Waals surface area contributed by atoms with Crippen molar-refractivity contribution in [1.82, 2.24) is 19.6 Å². The van der Waals surface area contributed by atoms with Crippen LogP contribution in [0.5, 0.6) is 0 Å². The number of hydrogen-bond donors (Lipinski definition) is 1. The highest BCUT2D eigenvalue weighted by Gasteiger charge is 2.20. The summed E-state index contributed by atoms with van der Waals surface area (Å²) in [6.07, 6.45) is 0.606. The predicted molar refractivity (Wildman–Crippen MR) is 124 cm³/mol. The van der Waals surface area contributed by atoms with E-state index in [9.17, 15) is 9.18 Å². The number of carbonyl (C=O) groups excluding carboxylic acids is 1. The van der Waals surface area contributed by atoms with Gasteiger partial charge in [-0.05, 0) is 35.9 Å². The summed E-state index contributed by atoms with van der Waals surface area (Å²) in [5.74, 6) is 0.480. The van der Waals surface area contributed by atoms with E-state index in [2.05, 4.69) is 40.4 Å². The second-order valence-electron chi connectivity index (χ2n) is 7.39. The fraction of sp³-hybridized carbons (Fsp3) is 0.318. The van der Waals surface area contributed by atoms with Gasteiger partial charge in [0.1, 0.15) is 11.6 Å². The summed E-state index contributed by atoms with van der Waals surface area (Å²) in [5, 5.41) is 3.92. The Hall–Kier alpha value is -2.36. The monoisotopic (exact) mass is 503 g/mol. The highest BCUT2D eigenvalue weighted by atomic mass is 79.9. The second-order valence-corrected chi connectivity index (χ2v) is 9.04. The zero-order valence-corrected chi connectivity index (χ0v) is 19.3. The van der Waals surface area contributed by atoms with Crippen molar-refractivity contribution in [3.8, 4) is 0 Å². The maximum absolute atomic E-state index is 13.1. The minimum Gasteiger partial charge on any atom is -0.351 e. The normalized spacial score (nSPS) is 14.6. The zero-order valence-electron chi connectivity index (χ0n) is 16.9. The number of piperazine rings is 1. The van der Waals surface area contributed by atoms with Gasteiger partial charge in [-0.25, -0.2) is 9.37 Å². The number of hydrogen-bond acceptors (Lipinski definition) is 6. The van der Waals surface area contributed by atoms with Gasteiger partial charge < -0.3 is 10.2 Å². The largest absolute Gasteiger partial charge is 0.351 e. The molecule has 1 aliphatic rings. The van der Waals surface area contributed by atoms with Crippen LogP contribution in [0, 0.1) is 5.82 Å². The van der Waals surface area contributed by atoms with Crippen LogP contribution in [0.1, 0.15) is 21.7 Å². The third kappa shape index (κ3) is 6.09. The quantitative estimate of drug-likeness (QED) is 0.533. The van der Waals surface area contributed by atoms with Gasteiger partial charge in [-0.1, -0.05) is 34.1 Å². The van der Waals surface area contributed by atoms with Crippen molar-refractivity contribution in [2.45, 2.75) is 6.42 Å². The highest BCUT2D eigenvalue weighted by molar-refractivity contribution is 9.10. The van der Waals surface area contributed by atoms with E-state index in [1.807, 2.05) is 24.3 Å². The SMILES string of the molecule is O=C(NCCN1CCN(c2nc(Cc3ccc(F)cc3)ns2)CC1)c1cccc(Br)c1. The van der Waals surface area contributed by atoms with Crippen LogP contribution >= 0.6 is 27.5 Å². The Bertz CT molecular complexity index is 1020. The summed E-state index contributed by atoms with van der Waals surface area (Å²) in [6.45, 7) is 5.03. The second kappa shape index (κ2) is 10.3. The number of nitrogens with one attached hydrogen (secondary N) is 1. The molecule has 3 aromatic rings. The number of halogens is 2. The molecule has 1 amide bonds. The third-order valence-corrected chi connectivity index (χ3v) is 6.48. The molecule has 2 heterocycles. The zero-order chi connectivity index (χ0) is 21.6.